The number of nitrogen functional groups attached to an aromatic ring is 1. The van der Waals surface area contributed by atoms with E-state index in [0.717, 1.165) is 0 Å². The van der Waals surface area contributed by atoms with Gasteiger partial charge >= 0.3 is 0 Å². The van der Waals surface area contributed by atoms with Crippen molar-refractivity contribution in [1.29, 1.82) is 5.26 Å². The third-order valence-electron chi connectivity index (χ3n) is 2.11. The molecule has 1 heterocycles. The number of nitrogens with two attached hydrogens (primary N) is 1. The van der Waals surface area contributed by atoms with E-state index in [0.29, 0.717) is 15.7 Å². The summed E-state index contributed by atoms with van der Waals surface area (Å²) in [6.45, 7) is 0. The molecule has 0 saturated carbocycles. The highest BCUT2D eigenvalue weighted by Crippen LogP contribution is 2.27. The Morgan fingerprint density at radius 2 is 2.25 bits per heavy atom. The number of hydrogen-bond acceptors (Lipinski definition) is 3. The molecule has 0 unspecified atom stereocenters. The van der Waals surface area contributed by atoms with Crippen LogP contribution in [0.2, 0.25) is 0 Å². The average molecular weight is 281 g/mol. The number of aromatic amines is 1. The van der Waals surface area contributed by atoms with Crippen LogP contribution in [-0.2, 0) is 0 Å². The summed E-state index contributed by atoms with van der Waals surface area (Å²) >= 11 is 3.05. The van der Waals surface area contributed by atoms with Crippen LogP contribution in [0.15, 0.2) is 22.7 Å². The zero-order valence-electron chi connectivity index (χ0n) is 7.96. The first-order valence-corrected chi connectivity index (χ1v) is 5.12. The normalized spacial score (nSPS) is 10.1. The molecule has 3 N–H and O–H groups in total. The molecule has 6 heteroatoms. The van der Waals surface area contributed by atoms with Crippen molar-refractivity contribution in [1.82, 2.24) is 10.2 Å². The van der Waals surface area contributed by atoms with Gasteiger partial charge < -0.3 is 5.73 Å². The van der Waals surface area contributed by atoms with Gasteiger partial charge in [-0.25, -0.2) is 4.39 Å². The topological polar surface area (TPSA) is 78.5 Å². The molecule has 0 saturated heterocycles. The van der Waals surface area contributed by atoms with E-state index in [2.05, 4.69) is 26.1 Å². The average Bonchev–Trinajstić information content (AvgIpc) is 2.63. The second-order valence-electron chi connectivity index (χ2n) is 3.10. The summed E-state index contributed by atoms with van der Waals surface area (Å²) in [5, 5.41) is 15.2. The van der Waals surface area contributed by atoms with Crippen molar-refractivity contribution in [2.75, 3.05) is 5.73 Å². The molecule has 0 aliphatic heterocycles. The largest absolute Gasteiger partial charge is 0.381 e. The van der Waals surface area contributed by atoms with Crippen molar-refractivity contribution in [2.45, 2.75) is 0 Å². The maximum absolute atomic E-state index is 13.3. The lowest BCUT2D eigenvalue weighted by Crippen LogP contribution is -1.88. The smallest absolute Gasteiger partial charge is 0.163 e. The van der Waals surface area contributed by atoms with Crippen LogP contribution in [0.1, 0.15) is 5.56 Å². The summed E-state index contributed by atoms with van der Waals surface area (Å²) in [5.41, 5.74) is 6.66. The molecule has 0 aliphatic rings. The Hall–Kier alpha value is -1.87. The van der Waals surface area contributed by atoms with Crippen molar-refractivity contribution in [3.05, 3.63) is 34.1 Å². The van der Waals surface area contributed by atoms with Gasteiger partial charge in [-0.05, 0) is 28.1 Å². The molecule has 0 spiro atoms. The number of nitrogens with one attached hydrogen (secondary N) is 1. The lowest BCUT2D eigenvalue weighted by atomic mass is 10.1. The molecule has 4 nitrogen and oxygen atoms in total. The van der Waals surface area contributed by atoms with Gasteiger partial charge in [0.25, 0.3) is 0 Å². The van der Waals surface area contributed by atoms with Crippen LogP contribution in [0.4, 0.5) is 10.2 Å². The second-order valence-corrected chi connectivity index (χ2v) is 3.95. The van der Waals surface area contributed by atoms with Gasteiger partial charge in [0.05, 0.1) is 10.2 Å². The standard InChI is InChI=1S/C10H6BrFN4/c11-7-2-1-5(3-8(7)12)9-6(4-13)10(14)16-15-9/h1-3H,(H3,14,15,16). The van der Waals surface area contributed by atoms with Crippen LogP contribution < -0.4 is 5.73 Å². The Kier molecular flexibility index (Phi) is 2.62. The summed E-state index contributed by atoms with van der Waals surface area (Å²) < 4.78 is 13.7. The van der Waals surface area contributed by atoms with E-state index in [4.69, 9.17) is 11.0 Å². The van der Waals surface area contributed by atoms with Crippen LogP contribution in [0.25, 0.3) is 11.3 Å². The summed E-state index contributed by atoms with van der Waals surface area (Å²) in [4.78, 5) is 0. The zero-order valence-corrected chi connectivity index (χ0v) is 9.55. The number of hydrogen-bond donors (Lipinski definition) is 2. The minimum absolute atomic E-state index is 0.112. The van der Waals surface area contributed by atoms with Crippen molar-refractivity contribution < 1.29 is 4.39 Å². The first kappa shape index (κ1) is 10.6. The molecule has 16 heavy (non-hydrogen) atoms. The predicted octanol–water partition coefficient (Wildman–Crippen LogP) is 2.43. The quantitative estimate of drug-likeness (QED) is 0.842. The Balaban J connectivity index is 2.60. The van der Waals surface area contributed by atoms with Gasteiger partial charge in [0.15, 0.2) is 5.82 Å². The van der Waals surface area contributed by atoms with E-state index in [1.165, 1.54) is 6.07 Å². The van der Waals surface area contributed by atoms with Crippen molar-refractivity contribution in [2.24, 2.45) is 0 Å². The summed E-state index contributed by atoms with van der Waals surface area (Å²) in [7, 11) is 0. The van der Waals surface area contributed by atoms with Gasteiger partial charge in [0.1, 0.15) is 17.4 Å². The highest BCUT2D eigenvalue weighted by molar-refractivity contribution is 9.10. The molecule has 1 aromatic heterocycles. The Morgan fingerprint density at radius 3 is 2.88 bits per heavy atom. The lowest BCUT2D eigenvalue weighted by molar-refractivity contribution is 0.621. The molecule has 2 rings (SSSR count). The number of anilines is 1. The molecule has 80 valence electrons. The summed E-state index contributed by atoms with van der Waals surface area (Å²) in [5.74, 6) is -0.296. The predicted molar refractivity (Wildman–Crippen MR) is 60.8 cm³/mol. The molecule has 0 aliphatic carbocycles. The Bertz CT molecular complexity index is 585. The van der Waals surface area contributed by atoms with Crippen molar-refractivity contribution >= 4 is 21.7 Å². The van der Waals surface area contributed by atoms with Crippen LogP contribution in [0.5, 0.6) is 0 Å². The highest BCUT2D eigenvalue weighted by atomic mass is 79.9. The van der Waals surface area contributed by atoms with Gasteiger partial charge in [0.2, 0.25) is 0 Å². The molecule has 2 aromatic rings. The number of nitriles is 1. The Morgan fingerprint density at radius 1 is 1.50 bits per heavy atom. The van der Waals surface area contributed by atoms with Crippen LogP contribution in [-0.4, -0.2) is 10.2 Å². The van der Waals surface area contributed by atoms with E-state index in [1.807, 2.05) is 6.07 Å². The van der Waals surface area contributed by atoms with Gasteiger partial charge in [-0.15, -0.1) is 0 Å². The van der Waals surface area contributed by atoms with Gasteiger partial charge in [-0.3, -0.25) is 5.10 Å². The van der Waals surface area contributed by atoms with E-state index in [9.17, 15) is 4.39 Å². The summed E-state index contributed by atoms with van der Waals surface area (Å²) in [6, 6.07) is 6.45. The third kappa shape index (κ3) is 1.66. The van der Waals surface area contributed by atoms with Crippen molar-refractivity contribution in [3.8, 4) is 17.3 Å². The van der Waals surface area contributed by atoms with E-state index in [-0.39, 0.29) is 11.4 Å². The SMILES string of the molecule is N#Cc1c(N)n[nH]c1-c1ccc(Br)c(F)c1. The van der Waals surface area contributed by atoms with Crippen LogP contribution >= 0.6 is 15.9 Å². The number of rotatable bonds is 1. The molecule has 1 aromatic carbocycles. The fourth-order valence-electron chi connectivity index (χ4n) is 1.33. The zero-order chi connectivity index (χ0) is 11.7. The van der Waals surface area contributed by atoms with E-state index >= 15 is 0 Å². The van der Waals surface area contributed by atoms with Gasteiger partial charge in [0, 0.05) is 5.56 Å². The first-order valence-electron chi connectivity index (χ1n) is 4.33. The summed E-state index contributed by atoms with van der Waals surface area (Å²) in [6.07, 6.45) is 0. The molecule has 0 bridgehead atoms. The highest BCUT2D eigenvalue weighted by Gasteiger charge is 2.13. The minimum Gasteiger partial charge on any atom is -0.381 e. The van der Waals surface area contributed by atoms with Crippen LogP contribution in [0, 0.1) is 17.1 Å². The minimum atomic E-state index is -0.408. The van der Waals surface area contributed by atoms with Crippen molar-refractivity contribution in [3.63, 3.8) is 0 Å². The first-order chi connectivity index (χ1) is 7.63. The maximum Gasteiger partial charge on any atom is 0.163 e. The lowest BCUT2D eigenvalue weighted by Gasteiger charge is -2.00. The fourth-order valence-corrected chi connectivity index (χ4v) is 1.58. The second kappa shape index (κ2) is 3.94. The van der Waals surface area contributed by atoms with E-state index in [1.54, 1.807) is 12.1 Å². The fraction of sp³-hybridized carbons (Fsp3) is 0. The number of H-pyrrole nitrogens is 1. The molecule has 0 fully saturated rings. The molecule has 0 radical (unpaired) electrons. The number of nitrogens with zero attached hydrogens (tertiary/aromatic N) is 2. The monoisotopic (exact) mass is 280 g/mol. The maximum atomic E-state index is 13.3. The van der Waals surface area contributed by atoms with Crippen LogP contribution in [0.3, 0.4) is 0 Å². The molecular weight excluding hydrogens is 275 g/mol. The van der Waals surface area contributed by atoms with Gasteiger partial charge in [-0.2, -0.15) is 10.4 Å². The number of benzene rings is 1. The number of aromatic nitrogens is 2. The molecule has 0 amide bonds. The van der Waals surface area contributed by atoms with E-state index < -0.39 is 5.82 Å². The Labute approximate surface area is 99.0 Å². The molecular formula is C10H6BrFN4. The number of halogens is 2. The third-order valence-corrected chi connectivity index (χ3v) is 2.76. The molecule has 0 atom stereocenters. The van der Waals surface area contributed by atoms with Gasteiger partial charge in [-0.1, -0.05) is 6.07 Å².